The van der Waals surface area contributed by atoms with Crippen molar-refractivity contribution in [3.05, 3.63) is 78.4 Å². The third-order valence-electron chi connectivity index (χ3n) is 5.52. The van der Waals surface area contributed by atoms with E-state index in [2.05, 4.69) is 19.9 Å². The molecule has 2 heterocycles. The fraction of sp³-hybridized carbons (Fsp3) is 0.269. The van der Waals surface area contributed by atoms with Crippen molar-refractivity contribution in [2.45, 2.75) is 44.7 Å². The Morgan fingerprint density at radius 2 is 1.83 bits per heavy atom. The topological polar surface area (TPSA) is 106 Å². The smallest absolute Gasteiger partial charge is 0.412 e. The Hall–Kier alpha value is -3.92. The molecule has 2 aromatic heterocycles. The number of fused-ring (bicyclic) bond motifs is 1. The Bertz CT molecular complexity index is 1510. The molecule has 9 nitrogen and oxygen atoms in total. The lowest BCUT2D eigenvalue weighted by Crippen LogP contribution is -2.28. The maximum absolute atomic E-state index is 13.3. The quantitative estimate of drug-likeness (QED) is 0.395. The van der Waals surface area contributed by atoms with Gasteiger partial charge in [0, 0.05) is 25.5 Å². The van der Waals surface area contributed by atoms with Crippen LogP contribution >= 0.6 is 0 Å². The Balaban J connectivity index is 1.51. The summed E-state index contributed by atoms with van der Waals surface area (Å²) in [5, 5.41) is 2.64. The maximum atomic E-state index is 13.3. The number of carbonyl (C=O) groups is 1. The molecule has 1 N–H and O–H groups in total. The standard InChI is InChI=1S/C26H29N5O4S/c1-18-28-23-16-27-14-13-24(23)31(18)17-19-9-11-22(12-10-19)36(33,34)30(5)21-8-6-7-20(15-21)29-25(32)35-26(2,3)4/h6-16H,17H2,1-5H3,(H,29,32). The van der Waals surface area contributed by atoms with Crippen molar-refractivity contribution in [3.8, 4) is 0 Å². The normalized spacial score (nSPS) is 11.9. The van der Waals surface area contributed by atoms with E-state index in [1.807, 2.05) is 13.0 Å². The molecular formula is C26H29N5O4S. The molecule has 36 heavy (non-hydrogen) atoms. The summed E-state index contributed by atoms with van der Waals surface area (Å²) in [5.41, 5.74) is 2.92. The van der Waals surface area contributed by atoms with Crippen molar-refractivity contribution in [3.63, 3.8) is 0 Å². The van der Waals surface area contributed by atoms with Crippen molar-refractivity contribution in [1.29, 1.82) is 0 Å². The summed E-state index contributed by atoms with van der Waals surface area (Å²) in [5.74, 6) is 0.856. The highest BCUT2D eigenvalue weighted by Crippen LogP contribution is 2.26. The van der Waals surface area contributed by atoms with Crippen molar-refractivity contribution >= 4 is 38.5 Å². The van der Waals surface area contributed by atoms with Crippen LogP contribution in [0, 0.1) is 6.92 Å². The van der Waals surface area contributed by atoms with Crippen LogP contribution in [-0.2, 0) is 21.3 Å². The average molecular weight is 508 g/mol. The first kappa shape index (κ1) is 25.2. The summed E-state index contributed by atoms with van der Waals surface area (Å²) in [6.45, 7) is 7.79. The summed E-state index contributed by atoms with van der Waals surface area (Å²) in [4.78, 5) is 20.9. The Morgan fingerprint density at radius 3 is 2.53 bits per heavy atom. The number of carbonyl (C=O) groups excluding carboxylic acids is 1. The second-order valence-corrected chi connectivity index (χ2v) is 11.4. The predicted molar refractivity (Wildman–Crippen MR) is 140 cm³/mol. The number of rotatable bonds is 6. The van der Waals surface area contributed by atoms with Gasteiger partial charge in [0.25, 0.3) is 10.0 Å². The Morgan fingerprint density at radius 1 is 1.11 bits per heavy atom. The second kappa shape index (κ2) is 9.62. The maximum Gasteiger partial charge on any atom is 0.412 e. The van der Waals surface area contributed by atoms with Crippen LogP contribution < -0.4 is 9.62 Å². The highest BCUT2D eigenvalue weighted by atomic mass is 32.2. The number of benzene rings is 2. The molecule has 10 heteroatoms. The van der Waals surface area contributed by atoms with Crippen molar-refractivity contribution in [2.75, 3.05) is 16.7 Å². The molecule has 0 atom stereocenters. The molecule has 188 valence electrons. The van der Waals surface area contributed by atoms with Gasteiger partial charge in [-0.2, -0.15) is 0 Å². The lowest BCUT2D eigenvalue weighted by molar-refractivity contribution is 0.0636. The number of aromatic nitrogens is 3. The van der Waals surface area contributed by atoms with Crippen LogP contribution in [0.3, 0.4) is 0 Å². The van der Waals surface area contributed by atoms with Crippen molar-refractivity contribution in [1.82, 2.24) is 14.5 Å². The number of imidazole rings is 1. The van der Waals surface area contributed by atoms with Crippen LogP contribution in [0.25, 0.3) is 11.0 Å². The van der Waals surface area contributed by atoms with E-state index in [1.54, 1.807) is 81.7 Å². The fourth-order valence-electron chi connectivity index (χ4n) is 3.75. The summed E-state index contributed by atoms with van der Waals surface area (Å²) < 4.78 is 35.1. The first-order valence-corrected chi connectivity index (χ1v) is 12.8. The number of anilines is 2. The van der Waals surface area contributed by atoms with Gasteiger partial charge in [-0.05, 0) is 69.7 Å². The number of pyridine rings is 1. The highest BCUT2D eigenvalue weighted by Gasteiger charge is 2.22. The molecule has 0 saturated heterocycles. The summed E-state index contributed by atoms with van der Waals surface area (Å²) in [7, 11) is -2.35. The molecule has 4 aromatic rings. The van der Waals surface area contributed by atoms with E-state index in [9.17, 15) is 13.2 Å². The molecule has 0 spiro atoms. The van der Waals surface area contributed by atoms with Gasteiger partial charge in [0.15, 0.2) is 0 Å². The van der Waals surface area contributed by atoms with Crippen LogP contribution in [-0.4, -0.2) is 41.7 Å². The van der Waals surface area contributed by atoms with E-state index in [4.69, 9.17) is 4.74 Å². The monoisotopic (exact) mass is 507 g/mol. The van der Waals surface area contributed by atoms with Crippen LogP contribution in [0.1, 0.15) is 32.2 Å². The SMILES string of the molecule is Cc1nc2cnccc2n1Cc1ccc(S(=O)(=O)N(C)c2cccc(NC(=O)OC(C)(C)C)c2)cc1. The largest absolute Gasteiger partial charge is 0.444 e. The van der Waals surface area contributed by atoms with Gasteiger partial charge in [-0.15, -0.1) is 0 Å². The zero-order valence-electron chi connectivity index (χ0n) is 20.9. The first-order valence-electron chi connectivity index (χ1n) is 11.4. The number of hydrogen-bond acceptors (Lipinski definition) is 6. The first-order chi connectivity index (χ1) is 16.9. The van der Waals surface area contributed by atoms with E-state index in [0.717, 1.165) is 22.4 Å². The van der Waals surface area contributed by atoms with Crippen LogP contribution in [0.15, 0.2) is 71.9 Å². The second-order valence-electron chi connectivity index (χ2n) is 9.40. The minimum atomic E-state index is -3.83. The zero-order chi connectivity index (χ0) is 26.1. The molecule has 0 bridgehead atoms. The molecule has 1 amide bonds. The summed E-state index contributed by atoms with van der Waals surface area (Å²) in [6, 6.07) is 15.3. The molecule has 0 radical (unpaired) electrons. The summed E-state index contributed by atoms with van der Waals surface area (Å²) in [6.07, 6.45) is 2.84. The lowest BCUT2D eigenvalue weighted by Gasteiger charge is -2.22. The number of amides is 1. The van der Waals surface area contributed by atoms with Gasteiger partial charge < -0.3 is 9.30 Å². The van der Waals surface area contributed by atoms with E-state index in [-0.39, 0.29) is 4.90 Å². The van der Waals surface area contributed by atoms with Gasteiger partial charge >= 0.3 is 6.09 Å². The van der Waals surface area contributed by atoms with Crippen LogP contribution in [0.4, 0.5) is 16.2 Å². The van der Waals surface area contributed by atoms with Gasteiger partial charge in [0.1, 0.15) is 16.9 Å². The number of nitrogens with zero attached hydrogens (tertiary/aromatic N) is 4. The van der Waals surface area contributed by atoms with E-state index < -0.39 is 21.7 Å². The third-order valence-corrected chi connectivity index (χ3v) is 7.32. The molecule has 0 aliphatic heterocycles. The molecular weight excluding hydrogens is 478 g/mol. The molecule has 0 unspecified atom stereocenters. The van der Waals surface area contributed by atoms with Crippen molar-refractivity contribution in [2.24, 2.45) is 0 Å². The van der Waals surface area contributed by atoms with Gasteiger partial charge in [-0.3, -0.25) is 14.6 Å². The van der Waals surface area contributed by atoms with E-state index >= 15 is 0 Å². The third kappa shape index (κ3) is 5.49. The zero-order valence-corrected chi connectivity index (χ0v) is 21.7. The fourth-order valence-corrected chi connectivity index (χ4v) is 4.94. The van der Waals surface area contributed by atoms with E-state index in [1.165, 1.54) is 11.4 Å². The Kier molecular flexibility index (Phi) is 6.73. The van der Waals surface area contributed by atoms with Gasteiger partial charge in [-0.25, -0.2) is 18.2 Å². The highest BCUT2D eigenvalue weighted by molar-refractivity contribution is 7.92. The molecule has 4 rings (SSSR count). The lowest BCUT2D eigenvalue weighted by atomic mass is 10.2. The molecule has 0 saturated carbocycles. The predicted octanol–water partition coefficient (Wildman–Crippen LogP) is 4.96. The number of hydrogen-bond donors (Lipinski definition) is 1. The number of ether oxygens (including phenoxy) is 1. The van der Waals surface area contributed by atoms with Gasteiger partial charge in [0.2, 0.25) is 0 Å². The Labute approximate surface area is 210 Å². The number of sulfonamides is 1. The molecule has 2 aromatic carbocycles. The van der Waals surface area contributed by atoms with Gasteiger partial charge in [-0.1, -0.05) is 18.2 Å². The molecule has 0 aliphatic rings. The van der Waals surface area contributed by atoms with Gasteiger partial charge in [0.05, 0.1) is 22.3 Å². The minimum Gasteiger partial charge on any atom is -0.444 e. The van der Waals surface area contributed by atoms with Crippen LogP contribution in [0.5, 0.6) is 0 Å². The van der Waals surface area contributed by atoms with E-state index in [0.29, 0.717) is 17.9 Å². The number of aryl methyl sites for hydroxylation is 1. The summed E-state index contributed by atoms with van der Waals surface area (Å²) >= 11 is 0. The minimum absolute atomic E-state index is 0.163. The molecule has 0 aliphatic carbocycles. The average Bonchev–Trinajstić information content (AvgIpc) is 3.12. The number of nitrogens with one attached hydrogen (secondary N) is 1. The van der Waals surface area contributed by atoms with Crippen molar-refractivity contribution < 1.29 is 17.9 Å². The molecule has 0 fully saturated rings. The van der Waals surface area contributed by atoms with Crippen LogP contribution in [0.2, 0.25) is 0 Å².